The zero-order valence-electron chi connectivity index (χ0n) is 10.1. The van der Waals surface area contributed by atoms with Crippen molar-refractivity contribution in [1.29, 1.82) is 0 Å². The molecule has 1 aliphatic heterocycles. The van der Waals surface area contributed by atoms with Crippen LogP contribution in [-0.4, -0.2) is 23.9 Å². The van der Waals surface area contributed by atoms with Gasteiger partial charge in [-0.25, -0.2) is 0 Å². The number of carboxylic acids is 1. The van der Waals surface area contributed by atoms with Gasteiger partial charge in [0.05, 0.1) is 0 Å². The number of hydrogen-bond donors (Lipinski definition) is 3. The topological polar surface area (TPSA) is 108 Å². The van der Waals surface area contributed by atoms with Gasteiger partial charge in [0.2, 0.25) is 6.79 Å². The molecule has 1 aliphatic rings. The summed E-state index contributed by atoms with van der Waals surface area (Å²) in [4.78, 5) is 10.7. The molecule has 1 aromatic carbocycles. The molecule has 0 spiro atoms. The van der Waals surface area contributed by atoms with Gasteiger partial charge in [-0.15, -0.1) is 0 Å². The number of rotatable bonds is 4. The Morgan fingerprint density at radius 2 is 2.00 bits per heavy atom. The molecule has 98 valence electrons. The number of fused-ring (bicyclic) bond motifs is 1. The van der Waals surface area contributed by atoms with Crippen LogP contribution in [0.25, 0.3) is 0 Å². The number of nitrogens with two attached hydrogens (primary N) is 2. The Hall–Kier alpha value is -1.79. The maximum atomic E-state index is 10.7. The molecule has 0 aromatic heterocycles. The predicted octanol–water partition coefficient (Wildman–Crippen LogP) is 0.526. The molecule has 2 atom stereocenters. The lowest BCUT2D eigenvalue weighted by Gasteiger charge is -2.17. The van der Waals surface area contributed by atoms with Gasteiger partial charge < -0.3 is 26.0 Å². The van der Waals surface area contributed by atoms with Gasteiger partial charge in [-0.3, -0.25) is 4.79 Å². The first kappa shape index (κ1) is 12.7. The van der Waals surface area contributed by atoms with Crippen LogP contribution in [0.15, 0.2) is 12.1 Å². The van der Waals surface area contributed by atoms with Gasteiger partial charge in [-0.1, -0.05) is 0 Å². The van der Waals surface area contributed by atoms with Crippen molar-refractivity contribution in [3.8, 4) is 11.5 Å². The van der Waals surface area contributed by atoms with Crippen LogP contribution < -0.4 is 20.9 Å². The van der Waals surface area contributed by atoms with E-state index in [0.717, 1.165) is 11.1 Å². The predicted molar refractivity (Wildman–Crippen MR) is 64.5 cm³/mol. The van der Waals surface area contributed by atoms with Crippen LogP contribution in [0.2, 0.25) is 0 Å². The minimum absolute atomic E-state index is 0.176. The van der Waals surface area contributed by atoms with E-state index in [1.807, 2.05) is 13.0 Å². The van der Waals surface area contributed by atoms with Crippen LogP contribution in [0.3, 0.4) is 0 Å². The molecule has 1 heterocycles. The summed E-state index contributed by atoms with van der Waals surface area (Å²) in [6.45, 7) is 2.09. The van der Waals surface area contributed by atoms with E-state index in [0.29, 0.717) is 11.5 Å². The molecule has 2 unspecified atom stereocenters. The van der Waals surface area contributed by atoms with Crippen molar-refractivity contribution >= 4 is 5.97 Å². The average Bonchev–Trinajstić information content (AvgIpc) is 2.74. The summed E-state index contributed by atoms with van der Waals surface area (Å²) < 4.78 is 10.5. The van der Waals surface area contributed by atoms with E-state index < -0.39 is 18.1 Å². The number of carboxylic acid groups (broad SMARTS) is 1. The fraction of sp³-hybridized carbons (Fsp3) is 0.417. The van der Waals surface area contributed by atoms with Gasteiger partial charge in [-0.05, 0) is 36.6 Å². The first-order chi connectivity index (χ1) is 8.49. The van der Waals surface area contributed by atoms with Crippen LogP contribution in [0.5, 0.6) is 11.5 Å². The normalized spacial score (nSPS) is 16.4. The Bertz CT molecular complexity index is 475. The van der Waals surface area contributed by atoms with Gasteiger partial charge in [0.1, 0.15) is 6.04 Å². The van der Waals surface area contributed by atoms with Crippen LogP contribution in [0.4, 0.5) is 0 Å². The van der Waals surface area contributed by atoms with E-state index >= 15 is 0 Å². The van der Waals surface area contributed by atoms with E-state index in [9.17, 15) is 4.79 Å². The Balaban J connectivity index is 2.20. The third kappa shape index (κ3) is 2.39. The van der Waals surface area contributed by atoms with Crippen LogP contribution in [0.1, 0.15) is 23.6 Å². The van der Waals surface area contributed by atoms with E-state index in [1.165, 1.54) is 0 Å². The number of benzene rings is 1. The molecule has 0 saturated carbocycles. The third-order valence-electron chi connectivity index (χ3n) is 2.99. The van der Waals surface area contributed by atoms with Crippen LogP contribution in [0, 0.1) is 6.92 Å². The van der Waals surface area contributed by atoms with Crippen molar-refractivity contribution in [3.05, 3.63) is 23.3 Å². The average molecular weight is 252 g/mol. The maximum absolute atomic E-state index is 10.7. The highest BCUT2D eigenvalue weighted by Crippen LogP contribution is 2.36. The monoisotopic (exact) mass is 252 g/mol. The molecular weight excluding hydrogens is 236 g/mol. The Kier molecular flexibility index (Phi) is 3.40. The van der Waals surface area contributed by atoms with E-state index in [-0.39, 0.29) is 13.2 Å². The second-order valence-electron chi connectivity index (χ2n) is 4.35. The summed E-state index contributed by atoms with van der Waals surface area (Å²) in [6.07, 6.45) is 0.176. The Labute approximate surface area is 104 Å². The van der Waals surface area contributed by atoms with Gasteiger partial charge in [0.25, 0.3) is 0 Å². The zero-order chi connectivity index (χ0) is 13.3. The zero-order valence-corrected chi connectivity index (χ0v) is 10.1. The van der Waals surface area contributed by atoms with Gasteiger partial charge >= 0.3 is 5.97 Å². The molecule has 0 fully saturated rings. The number of ether oxygens (including phenoxy) is 2. The fourth-order valence-electron chi connectivity index (χ4n) is 1.96. The van der Waals surface area contributed by atoms with Gasteiger partial charge in [0.15, 0.2) is 11.5 Å². The summed E-state index contributed by atoms with van der Waals surface area (Å²) in [5.74, 6) is 0.268. The summed E-state index contributed by atoms with van der Waals surface area (Å²) in [7, 11) is 0. The molecular formula is C12H16N2O4. The summed E-state index contributed by atoms with van der Waals surface area (Å²) >= 11 is 0. The summed E-state index contributed by atoms with van der Waals surface area (Å²) in [5, 5.41) is 8.78. The lowest BCUT2D eigenvalue weighted by molar-refractivity contribution is -0.138. The van der Waals surface area contributed by atoms with Gasteiger partial charge in [-0.2, -0.15) is 0 Å². The highest BCUT2D eigenvalue weighted by molar-refractivity contribution is 5.73. The first-order valence-electron chi connectivity index (χ1n) is 5.63. The molecule has 0 amide bonds. The molecule has 1 aromatic rings. The van der Waals surface area contributed by atoms with Crippen molar-refractivity contribution in [2.45, 2.75) is 25.4 Å². The largest absolute Gasteiger partial charge is 0.480 e. The van der Waals surface area contributed by atoms with Crippen LogP contribution >= 0.6 is 0 Å². The lowest BCUT2D eigenvalue weighted by atomic mass is 9.96. The highest BCUT2D eigenvalue weighted by Gasteiger charge is 2.22. The maximum Gasteiger partial charge on any atom is 0.320 e. The minimum Gasteiger partial charge on any atom is -0.480 e. The molecule has 6 nitrogen and oxygen atoms in total. The highest BCUT2D eigenvalue weighted by atomic mass is 16.7. The van der Waals surface area contributed by atoms with Crippen molar-refractivity contribution in [2.75, 3.05) is 6.79 Å². The first-order valence-corrected chi connectivity index (χ1v) is 5.63. The number of carbonyl (C=O) groups is 1. The standard InChI is InChI=1S/C12H16N2O4/c1-6-2-10-11(18-5-17-10)3-7(6)8(13)4-9(14)12(15)16/h2-3,8-9H,4-5,13-14H2,1H3,(H,15,16). The van der Waals surface area contributed by atoms with E-state index in [2.05, 4.69) is 0 Å². The van der Waals surface area contributed by atoms with Crippen molar-refractivity contribution in [1.82, 2.24) is 0 Å². The second-order valence-corrected chi connectivity index (χ2v) is 4.35. The molecule has 18 heavy (non-hydrogen) atoms. The molecule has 2 rings (SSSR count). The quantitative estimate of drug-likeness (QED) is 0.721. The van der Waals surface area contributed by atoms with Gasteiger partial charge in [0, 0.05) is 6.04 Å². The summed E-state index contributed by atoms with van der Waals surface area (Å²) in [5.41, 5.74) is 13.2. The third-order valence-corrected chi connectivity index (χ3v) is 2.99. The lowest BCUT2D eigenvalue weighted by Crippen LogP contribution is -2.34. The molecule has 0 aliphatic carbocycles. The van der Waals surface area contributed by atoms with E-state index in [4.69, 9.17) is 26.0 Å². The van der Waals surface area contributed by atoms with Crippen molar-refractivity contribution < 1.29 is 19.4 Å². The second kappa shape index (κ2) is 4.83. The summed E-state index contributed by atoms with van der Waals surface area (Å²) in [6, 6.07) is 2.22. The smallest absolute Gasteiger partial charge is 0.320 e. The fourth-order valence-corrected chi connectivity index (χ4v) is 1.96. The molecule has 6 heteroatoms. The van der Waals surface area contributed by atoms with Crippen LogP contribution in [-0.2, 0) is 4.79 Å². The van der Waals surface area contributed by atoms with Crippen molar-refractivity contribution in [3.63, 3.8) is 0 Å². The molecule has 0 radical (unpaired) electrons. The van der Waals surface area contributed by atoms with E-state index in [1.54, 1.807) is 6.07 Å². The Morgan fingerprint density at radius 1 is 1.39 bits per heavy atom. The molecule has 5 N–H and O–H groups in total. The van der Waals surface area contributed by atoms with Crippen molar-refractivity contribution in [2.24, 2.45) is 11.5 Å². The Morgan fingerprint density at radius 3 is 2.61 bits per heavy atom. The number of aliphatic carboxylic acids is 1. The minimum atomic E-state index is -1.05. The SMILES string of the molecule is Cc1cc2c(cc1C(N)CC(N)C(=O)O)OCO2. The molecule has 0 saturated heterocycles. The number of hydrogen-bond acceptors (Lipinski definition) is 5. The number of aryl methyl sites for hydroxylation is 1. The molecule has 0 bridgehead atoms.